The van der Waals surface area contributed by atoms with Gasteiger partial charge in [-0.15, -0.1) is 0 Å². The molecule has 0 spiro atoms. The number of phenols is 1. The first-order chi connectivity index (χ1) is 16.0. The molecule has 1 aliphatic heterocycles. The third-order valence-corrected chi connectivity index (χ3v) is 5.85. The number of likely N-dealkylation sites (tertiary alicyclic amines) is 1. The molecule has 4 aromatic rings. The van der Waals surface area contributed by atoms with E-state index in [4.69, 9.17) is 0 Å². The van der Waals surface area contributed by atoms with Crippen LogP contribution in [0, 0.1) is 0 Å². The van der Waals surface area contributed by atoms with Crippen molar-refractivity contribution >= 4 is 28.2 Å². The zero-order valence-corrected chi connectivity index (χ0v) is 17.6. The van der Waals surface area contributed by atoms with E-state index >= 15 is 0 Å². The third-order valence-electron chi connectivity index (χ3n) is 5.85. The standard InChI is InChI=1S/C27H20N2O4/c30-20-10-3-9-19(14-20)24-23(25(31)22-12-4-8-18-7-1-2-11-21(18)22)26(32)27(33)29(24)16-17-6-5-13-28-15-17/h1-15,24,30-31H,16H2/b25-23-. The minimum atomic E-state index is -0.865. The minimum Gasteiger partial charge on any atom is -0.508 e. The van der Waals surface area contributed by atoms with Crippen molar-refractivity contribution < 1.29 is 19.8 Å². The Morgan fingerprint density at radius 1 is 0.939 bits per heavy atom. The molecule has 0 aliphatic carbocycles. The van der Waals surface area contributed by atoms with Gasteiger partial charge in [0.15, 0.2) is 0 Å². The molecule has 162 valence electrons. The molecule has 1 unspecified atom stereocenters. The quantitative estimate of drug-likeness (QED) is 0.278. The average molecular weight is 436 g/mol. The lowest BCUT2D eigenvalue weighted by molar-refractivity contribution is -0.140. The largest absolute Gasteiger partial charge is 0.508 e. The van der Waals surface area contributed by atoms with Crippen LogP contribution < -0.4 is 0 Å². The smallest absolute Gasteiger partial charge is 0.295 e. The second-order valence-electron chi connectivity index (χ2n) is 7.91. The van der Waals surface area contributed by atoms with Crippen LogP contribution in [-0.2, 0) is 16.1 Å². The number of carbonyl (C=O) groups is 2. The Hall–Kier alpha value is -4.45. The number of hydrogen-bond acceptors (Lipinski definition) is 5. The van der Waals surface area contributed by atoms with Crippen LogP contribution in [-0.4, -0.2) is 31.8 Å². The van der Waals surface area contributed by atoms with Gasteiger partial charge in [0.2, 0.25) is 0 Å². The van der Waals surface area contributed by atoms with Gasteiger partial charge < -0.3 is 15.1 Å². The lowest BCUT2D eigenvalue weighted by atomic mass is 9.93. The van der Waals surface area contributed by atoms with Gasteiger partial charge >= 0.3 is 0 Å². The van der Waals surface area contributed by atoms with E-state index in [0.29, 0.717) is 11.1 Å². The van der Waals surface area contributed by atoms with Crippen molar-refractivity contribution in [3.63, 3.8) is 0 Å². The number of aliphatic hydroxyl groups excluding tert-OH is 1. The maximum atomic E-state index is 13.2. The van der Waals surface area contributed by atoms with Gasteiger partial charge in [0, 0.05) is 24.5 Å². The van der Waals surface area contributed by atoms with Crippen molar-refractivity contribution in [1.82, 2.24) is 9.88 Å². The number of fused-ring (bicyclic) bond motifs is 1. The van der Waals surface area contributed by atoms with E-state index in [1.54, 1.807) is 42.7 Å². The van der Waals surface area contributed by atoms with E-state index in [9.17, 15) is 19.8 Å². The lowest BCUT2D eigenvalue weighted by Crippen LogP contribution is -2.29. The molecule has 1 amide bonds. The molecule has 0 saturated carbocycles. The van der Waals surface area contributed by atoms with E-state index in [0.717, 1.165) is 16.3 Å². The van der Waals surface area contributed by atoms with Crippen molar-refractivity contribution in [2.75, 3.05) is 0 Å². The van der Waals surface area contributed by atoms with E-state index in [1.807, 2.05) is 36.4 Å². The van der Waals surface area contributed by atoms with Crippen molar-refractivity contribution in [2.24, 2.45) is 0 Å². The van der Waals surface area contributed by atoms with E-state index < -0.39 is 17.7 Å². The Bertz CT molecular complexity index is 1410. The number of carbonyl (C=O) groups excluding carboxylic acids is 2. The summed E-state index contributed by atoms with van der Waals surface area (Å²) in [6, 6.07) is 22.1. The number of aliphatic hydroxyl groups is 1. The summed E-state index contributed by atoms with van der Waals surface area (Å²) < 4.78 is 0. The van der Waals surface area contributed by atoms with E-state index in [1.165, 1.54) is 17.0 Å². The predicted octanol–water partition coefficient (Wildman–Crippen LogP) is 4.56. The van der Waals surface area contributed by atoms with Gasteiger partial charge in [-0.3, -0.25) is 14.6 Å². The van der Waals surface area contributed by atoms with Gasteiger partial charge in [-0.2, -0.15) is 0 Å². The topological polar surface area (TPSA) is 90.7 Å². The summed E-state index contributed by atoms with van der Waals surface area (Å²) in [5, 5.41) is 23.2. The summed E-state index contributed by atoms with van der Waals surface area (Å²) in [6.07, 6.45) is 3.26. The molecular weight excluding hydrogens is 416 g/mol. The van der Waals surface area contributed by atoms with Gasteiger partial charge in [0.25, 0.3) is 11.7 Å². The molecule has 6 nitrogen and oxygen atoms in total. The number of nitrogens with zero attached hydrogens (tertiary/aromatic N) is 2. The van der Waals surface area contributed by atoms with E-state index in [2.05, 4.69) is 4.98 Å². The average Bonchev–Trinajstić information content (AvgIpc) is 3.09. The molecule has 0 bridgehead atoms. The Labute approximate surface area is 190 Å². The van der Waals surface area contributed by atoms with Crippen molar-refractivity contribution in [3.8, 4) is 5.75 Å². The number of amides is 1. The Balaban J connectivity index is 1.72. The second-order valence-corrected chi connectivity index (χ2v) is 7.91. The fourth-order valence-electron chi connectivity index (χ4n) is 4.35. The van der Waals surface area contributed by atoms with Crippen LogP contribution in [0.15, 0.2) is 96.8 Å². The van der Waals surface area contributed by atoms with Crippen LogP contribution in [0.1, 0.15) is 22.7 Å². The Morgan fingerprint density at radius 2 is 1.73 bits per heavy atom. The Kier molecular flexibility index (Phi) is 5.11. The molecule has 33 heavy (non-hydrogen) atoms. The normalized spacial score (nSPS) is 17.6. The summed E-state index contributed by atoms with van der Waals surface area (Å²) in [4.78, 5) is 31.9. The summed E-state index contributed by atoms with van der Waals surface area (Å²) in [5.74, 6) is -1.72. The zero-order chi connectivity index (χ0) is 22.9. The summed E-state index contributed by atoms with van der Waals surface area (Å²) in [6.45, 7) is 0.130. The highest BCUT2D eigenvalue weighted by atomic mass is 16.3. The molecule has 5 rings (SSSR count). The molecule has 3 aromatic carbocycles. The van der Waals surface area contributed by atoms with Crippen LogP contribution in [0.5, 0.6) is 5.75 Å². The van der Waals surface area contributed by atoms with Gasteiger partial charge in [-0.25, -0.2) is 0 Å². The summed E-state index contributed by atoms with van der Waals surface area (Å²) in [5.41, 5.74) is 1.73. The lowest BCUT2D eigenvalue weighted by Gasteiger charge is -2.25. The van der Waals surface area contributed by atoms with Crippen LogP contribution >= 0.6 is 0 Å². The number of rotatable bonds is 4. The van der Waals surface area contributed by atoms with Crippen LogP contribution in [0.3, 0.4) is 0 Å². The number of hydrogen-bond donors (Lipinski definition) is 2. The first kappa shape index (κ1) is 20.5. The fourth-order valence-corrected chi connectivity index (χ4v) is 4.35. The molecule has 1 saturated heterocycles. The monoisotopic (exact) mass is 436 g/mol. The summed E-state index contributed by atoms with van der Waals surface area (Å²) >= 11 is 0. The molecule has 1 atom stereocenters. The van der Waals surface area contributed by atoms with Crippen molar-refractivity contribution in [2.45, 2.75) is 12.6 Å². The molecule has 2 N–H and O–H groups in total. The number of aromatic nitrogens is 1. The van der Waals surface area contributed by atoms with Crippen LogP contribution in [0.25, 0.3) is 16.5 Å². The molecule has 6 heteroatoms. The molecule has 1 fully saturated rings. The van der Waals surface area contributed by atoms with Gasteiger partial charge in [-0.05, 0) is 40.1 Å². The van der Waals surface area contributed by atoms with Crippen LogP contribution in [0.4, 0.5) is 0 Å². The SMILES string of the molecule is O=C1C(=O)N(Cc2cccnc2)C(c2cccc(O)c2)/C1=C(/O)c1cccc2ccccc12. The molecule has 1 aliphatic rings. The molecule has 1 aromatic heterocycles. The van der Waals surface area contributed by atoms with Crippen LogP contribution in [0.2, 0.25) is 0 Å². The van der Waals surface area contributed by atoms with Gasteiger partial charge in [0.05, 0.1) is 11.6 Å². The number of Topliss-reactive ketones (excluding diaryl/α,β-unsaturated/α-hetero) is 1. The molecule has 2 heterocycles. The van der Waals surface area contributed by atoms with Gasteiger partial charge in [-0.1, -0.05) is 60.7 Å². The molecular formula is C27H20N2O4. The van der Waals surface area contributed by atoms with Gasteiger partial charge in [0.1, 0.15) is 11.5 Å². The first-order valence-corrected chi connectivity index (χ1v) is 10.5. The molecule has 0 radical (unpaired) electrons. The summed E-state index contributed by atoms with van der Waals surface area (Å²) in [7, 11) is 0. The maximum absolute atomic E-state index is 13.2. The number of aromatic hydroxyl groups is 1. The van der Waals surface area contributed by atoms with Crippen molar-refractivity contribution in [3.05, 3.63) is 114 Å². The predicted molar refractivity (Wildman–Crippen MR) is 124 cm³/mol. The fraction of sp³-hybridized carbons (Fsp3) is 0.0741. The first-order valence-electron chi connectivity index (χ1n) is 10.5. The van der Waals surface area contributed by atoms with Crippen molar-refractivity contribution in [1.29, 1.82) is 0 Å². The highest BCUT2D eigenvalue weighted by molar-refractivity contribution is 6.46. The number of phenolic OH excluding ortho intramolecular Hbond substituents is 1. The number of pyridine rings is 1. The third kappa shape index (κ3) is 3.61. The second kappa shape index (κ2) is 8.24. The number of ketones is 1. The van der Waals surface area contributed by atoms with E-state index in [-0.39, 0.29) is 23.6 Å². The maximum Gasteiger partial charge on any atom is 0.295 e. The highest BCUT2D eigenvalue weighted by Crippen LogP contribution is 2.41. The minimum absolute atomic E-state index is 0.00428. The highest BCUT2D eigenvalue weighted by Gasteiger charge is 2.46. The Morgan fingerprint density at radius 3 is 2.52 bits per heavy atom. The zero-order valence-electron chi connectivity index (χ0n) is 17.6. The number of benzene rings is 3.